The average Bonchev–Trinajstić information content (AvgIpc) is 3.52. The van der Waals surface area contributed by atoms with E-state index in [1.165, 1.54) is 38.2 Å². The number of hydrogen-bond acceptors (Lipinski definition) is 1. The minimum atomic E-state index is -0.156. The van der Waals surface area contributed by atoms with Crippen molar-refractivity contribution in [3.8, 4) is 22.5 Å². The van der Waals surface area contributed by atoms with Gasteiger partial charge in [-0.1, -0.05) is 98.2 Å². The summed E-state index contributed by atoms with van der Waals surface area (Å²) in [6.45, 7) is 9.11. The molecule has 3 aromatic heterocycles. The van der Waals surface area contributed by atoms with Gasteiger partial charge in [-0.3, -0.25) is 0 Å². The van der Waals surface area contributed by atoms with Crippen LogP contribution in [0.1, 0.15) is 31.9 Å². The second-order valence-corrected chi connectivity index (χ2v) is 12.4. The summed E-state index contributed by atoms with van der Waals surface area (Å²) in [6.07, 6.45) is 0. The molecule has 8 aromatic rings. The molecule has 0 fully saturated rings. The van der Waals surface area contributed by atoms with E-state index in [0.717, 1.165) is 39.3 Å². The van der Waals surface area contributed by atoms with Crippen LogP contribution in [0.15, 0.2) is 115 Å². The van der Waals surface area contributed by atoms with E-state index >= 15 is 0 Å². The van der Waals surface area contributed by atoms with Crippen LogP contribution in [0, 0.1) is 19.1 Å². The van der Waals surface area contributed by atoms with E-state index in [4.69, 9.17) is 4.98 Å². The summed E-state index contributed by atoms with van der Waals surface area (Å²) in [4.78, 5) is 5.58. The van der Waals surface area contributed by atoms with E-state index in [1.807, 2.05) is 12.1 Å². The fraction of sp³-hybridized carbons (Fsp3) is 0.125. The van der Waals surface area contributed by atoms with E-state index < -0.39 is 0 Å². The first-order valence-corrected chi connectivity index (χ1v) is 14.8. The van der Waals surface area contributed by atoms with Gasteiger partial charge in [0, 0.05) is 21.5 Å². The molecule has 0 amide bonds. The maximum Gasteiger partial charge on any atom is 2.00 e. The molecule has 0 radical (unpaired) electrons. The maximum atomic E-state index is 5.58. The molecule has 3 heterocycles. The van der Waals surface area contributed by atoms with Crippen LogP contribution < -0.4 is 0 Å². The molecule has 44 heavy (non-hydrogen) atoms. The number of hydrogen-bond donors (Lipinski definition) is 0. The molecular weight excluding hydrogens is 718 g/mol. The van der Waals surface area contributed by atoms with Crippen LogP contribution in [0.25, 0.3) is 66.4 Å². The third kappa shape index (κ3) is 4.25. The average molecular weight is 749 g/mol. The van der Waals surface area contributed by atoms with Crippen molar-refractivity contribution in [3.05, 3.63) is 139 Å². The van der Waals surface area contributed by atoms with Gasteiger partial charge in [0.1, 0.15) is 11.3 Å². The Labute approximate surface area is 272 Å². The first-order valence-electron chi connectivity index (χ1n) is 14.8. The van der Waals surface area contributed by atoms with Gasteiger partial charge in [0.15, 0.2) is 0 Å². The first-order chi connectivity index (χ1) is 20.9. The van der Waals surface area contributed by atoms with Crippen molar-refractivity contribution in [1.82, 2.24) is 14.1 Å². The Morgan fingerprint density at radius 2 is 1.18 bits per heavy atom. The predicted molar refractivity (Wildman–Crippen MR) is 179 cm³/mol. The van der Waals surface area contributed by atoms with Gasteiger partial charge in [0.2, 0.25) is 0 Å². The number of rotatable bonds is 3. The topological polar surface area (TPSA) is 22.8 Å². The van der Waals surface area contributed by atoms with Gasteiger partial charge in [0.05, 0.1) is 11.0 Å². The van der Waals surface area contributed by atoms with Crippen LogP contribution >= 0.6 is 0 Å². The number of para-hydroxylation sites is 3. The molecule has 0 aliphatic heterocycles. The van der Waals surface area contributed by atoms with Crippen LogP contribution in [-0.4, -0.2) is 14.1 Å². The number of pyridine rings is 1. The summed E-state index contributed by atoms with van der Waals surface area (Å²) in [5.41, 5.74) is 10.8. The zero-order valence-electron chi connectivity index (χ0n) is 25.1. The SMILES string of the molecule is Cc1ccccc1-c1[c-]c(-n2c3ccccc3c3c(C(C)(C)C)c4c5ccccc5n(-c5[c-]cccc5)c4nc32)ccc1.[Pt+2]. The fourth-order valence-electron chi connectivity index (χ4n) is 6.76. The van der Waals surface area contributed by atoms with Gasteiger partial charge < -0.3 is 9.13 Å². The minimum Gasteiger partial charge on any atom is -0.318 e. The van der Waals surface area contributed by atoms with Crippen LogP contribution in [0.3, 0.4) is 0 Å². The van der Waals surface area contributed by atoms with Crippen LogP contribution in [-0.2, 0) is 26.5 Å². The largest absolute Gasteiger partial charge is 2.00 e. The summed E-state index contributed by atoms with van der Waals surface area (Å²) in [5.74, 6) is 0. The van der Waals surface area contributed by atoms with Crippen LogP contribution in [0.4, 0.5) is 0 Å². The molecule has 4 heteroatoms. The van der Waals surface area contributed by atoms with Gasteiger partial charge in [0.25, 0.3) is 0 Å². The van der Waals surface area contributed by atoms with Crippen LogP contribution in [0.2, 0.25) is 0 Å². The predicted octanol–water partition coefficient (Wildman–Crippen LogP) is 10.1. The Hall–Kier alpha value is -4.46. The number of aryl methyl sites for hydroxylation is 1. The molecule has 0 saturated carbocycles. The first kappa shape index (κ1) is 28.3. The standard InChI is InChI=1S/C40H31N3.Pt/c1-26-15-8-9-20-30(26)27-16-14-19-29(25-27)43-34-24-13-11-22-32(34)36-37(40(2,3)4)35-31-21-10-12-23-33(31)42(38(35)41-39(36)43)28-17-6-5-7-18-28;/h5-17,19-24H,1-4H3;/q-2;+2. The Kier molecular flexibility index (Phi) is 6.83. The van der Waals surface area contributed by atoms with Crippen molar-refractivity contribution in [3.63, 3.8) is 0 Å². The normalized spacial score (nSPS) is 11.9. The molecule has 0 aliphatic carbocycles. The Morgan fingerprint density at radius 3 is 1.80 bits per heavy atom. The van der Waals surface area contributed by atoms with Crippen molar-refractivity contribution in [2.24, 2.45) is 0 Å². The summed E-state index contributed by atoms with van der Waals surface area (Å²) >= 11 is 0. The van der Waals surface area contributed by atoms with Crippen molar-refractivity contribution >= 4 is 43.9 Å². The monoisotopic (exact) mass is 748 g/mol. The van der Waals surface area contributed by atoms with E-state index in [2.05, 4.69) is 152 Å². The second kappa shape index (κ2) is 10.6. The van der Waals surface area contributed by atoms with Gasteiger partial charge >= 0.3 is 21.1 Å². The van der Waals surface area contributed by atoms with E-state index in [9.17, 15) is 0 Å². The zero-order chi connectivity index (χ0) is 29.3. The van der Waals surface area contributed by atoms with Crippen molar-refractivity contribution in [2.45, 2.75) is 33.1 Å². The molecule has 0 spiro atoms. The van der Waals surface area contributed by atoms with Crippen molar-refractivity contribution in [1.29, 1.82) is 0 Å². The smallest absolute Gasteiger partial charge is 0.318 e. The quantitative estimate of drug-likeness (QED) is 0.165. The number of benzene rings is 5. The molecule has 216 valence electrons. The summed E-state index contributed by atoms with van der Waals surface area (Å²) in [5, 5.41) is 4.81. The molecule has 0 atom stereocenters. The Balaban J connectivity index is 0.00000312. The molecular formula is C40H31N3Pt. The fourth-order valence-corrected chi connectivity index (χ4v) is 6.76. The zero-order valence-corrected chi connectivity index (χ0v) is 27.4. The number of nitrogens with zero attached hydrogens (tertiary/aromatic N) is 3. The van der Waals surface area contributed by atoms with Crippen molar-refractivity contribution < 1.29 is 21.1 Å². The Morgan fingerprint density at radius 1 is 0.614 bits per heavy atom. The molecule has 0 bridgehead atoms. The van der Waals surface area contributed by atoms with E-state index in [0.29, 0.717) is 0 Å². The third-order valence-electron chi connectivity index (χ3n) is 8.55. The number of fused-ring (bicyclic) bond motifs is 6. The van der Waals surface area contributed by atoms with Crippen LogP contribution in [0.5, 0.6) is 0 Å². The molecule has 5 aromatic carbocycles. The van der Waals surface area contributed by atoms with Crippen molar-refractivity contribution in [2.75, 3.05) is 0 Å². The molecule has 8 rings (SSSR count). The maximum absolute atomic E-state index is 5.58. The number of aromatic nitrogens is 3. The van der Waals surface area contributed by atoms with E-state index in [1.54, 1.807) is 0 Å². The van der Waals surface area contributed by atoms with E-state index in [-0.39, 0.29) is 26.5 Å². The molecule has 0 aliphatic rings. The van der Waals surface area contributed by atoms with Gasteiger partial charge in [-0.15, -0.1) is 35.9 Å². The molecule has 0 N–H and O–H groups in total. The third-order valence-corrected chi connectivity index (χ3v) is 8.55. The minimum absolute atomic E-state index is 0. The van der Waals surface area contributed by atoms with Gasteiger partial charge in [-0.05, 0) is 35.7 Å². The molecule has 0 saturated heterocycles. The molecule has 3 nitrogen and oxygen atoms in total. The summed E-state index contributed by atoms with van der Waals surface area (Å²) in [6, 6.07) is 47.7. The molecule has 0 unspecified atom stereocenters. The second-order valence-electron chi connectivity index (χ2n) is 12.4. The summed E-state index contributed by atoms with van der Waals surface area (Å²) in [7, 11) is 0. The van der Waals surface area contributed by atoms with Gasteiger partial charge in [-0.2, -0.15) is 24.3 Å². The van der Waals surface area contributed by atoms with Gasteiger partial charge in [-0.25, -0.2) is 4.98 Å². The summed E-state index contributed by atoms with van der Waals surface area (Å²) < 4.78 is 4.58. The Bertz CT molecular complexity index is 2340.